The molecule has 0 atom stereocenters. The maximum atomic E-state index is 6.52. The van der Waals surface area contributed by atoms with Crippen LogP contribution >= 0.6 is 0 Å². The van der Waals surface area contributed by atoms with E-state index in [1.54, 1.807) is 0 Å². The van der Waals surface area contributed by atoms with E-state index in [2.05, 4.69) is 84.0 Å². The van der Waals surface area contributed by atoms with Crippen LogP contribution in [-0.4, -0.2) is 0 Å². The molecule has 0 fully saturated rings. The first kappa shape index (κ1) is 30.0. The molecule has 0 aliphatic carbocycles. The van der Waals surface area contributed by atoms with Crippen molar-refractivity contribution in [1.82, 2.24) is 0 Å². The number of benzene rings is 5. The zero-order chi connectivity index (χ0) is 30.7. The molecule has 0 spiro atoms. The van der Waals surface area contributed by atoms with Gasteiger partial charge in [0.2, 0.25) is 0 Å². The fourth-order valence-electron chi connectivity index (χ4n) is 5.52. The van der Waals surface area contributed by atoms with Crippen LogP contribution in [0.3, 0.4) is 0 Å². The Kier molecular flexibility index (Phi) is 8.92. The van der Waals surface area contributed by atoms with Crippen LogP contribution in [0.25, 0.3) is 0 Å². The number of hydrogen-bond donors (Lipinski definition) is 0. The van der Waals surface area contributed by atoms with Gasteiger partial charge in [-0.15, -0.1) is 0 Å². The summed E-state index contributed by atoms with van der Waals surface area (Å²) in [4.78, 5) is 0. The third kappa shape index (κ3) is 6.46. The van der Waals surface area contributed by atoms with Crippen LogP contribution < -0.4 is 14.2 Å². The molecule has 0 N–H and O–H groups in total. The van der Waals surface area contributed by atoms with E-state index in [1.807, 2.05) is 62.4 Å². The van der Waals surface area contributed by atoms with Crippen molar-refractivity contribution in [2.24, 2.45) is 0 Å². The van der Waals surface area contributed by atoms with Gasteiger partial charge in [0, 0.05) is 11.1 Å². The Balaban J connectivity index is 1.37. The molecule has 3 nitrogen and oxygen atoms in total. The van der Waals surface area contributed by atoms with E-state index in [4.69, 9.17) is 14.2 Å². The summed E-state index contributed by atoms with van der Waals surface area (Å²) in [6, 6.07) is 31.0. The quantitative estimate of drug-likeness (QED) is 0.176. The van der Waals surface area contributed by atoms with Crippen LogP contribution in [0.1, 0.15) is 69.8 Å². The summed E-state index contributed by atoms with van der Waals surface area (Å²) in [5, 5.41) is 0. The van der Waals surface area contributed by atoms with Crippen LogP contribution in [0.15, 0.2) is 91.0 Å². The predicted molar refractivity (Wildman–Crippen MR) is 178 cm³/mol. The fourth-order valence-corrected chi connectivity index (χ4v) is 5.52. The fraction of sp³-hybridized carbons (Fsp3) is 0.250. The molecule has 0 aromatic heterocycles. The molecular formula is C40H42O3. The SMILES string of the molecule is Cc1cccc(Cc2cccc(Oc3cccc(Oc4cccc(Oc5cccc(C(C)C)c5C)c4C)c3C)c2C)c1C. The highest BCUT2D eigenvalue weighted by Crippen LogP contribution is 2.39. The smallest absolute Gasteiger partial charge is 0.134 e. The second-order valence-electron chi connectivity index (χ2n) is 11.8. The van der Waals surface area contributed by atoms with E-state index in [9.17, 15) is 0 Å². The molecule has 0 bridgehead atoms. The van der Waals surface area contributed by atoms with Crippen molar-refractivity contribution >= 4 is 0 Å². The first-order chi connectivity index (χ1) is 20.6. The lowest BCUT2D eigenvalue weighted by Gasteiger charge is -2.19. The Labute approximate surface area is 257 Å². The monoisotopic (exact) mass is 570 g/mol. The molecule has 5 aromatic carbocycles. The molecule has 0 radical (unpaired) electrons. The second-order valence-corrected chi connectivity index (χ2v) is 11.8. The summed E-state index contributed by atoms with van der Waals surface area (Å²) in [5.41, 5.74) is 10.8. The third-order valence-corrected chi connectivity index (χ3v) is 8.57. The van der Waals surface area contributed by atoms with Gasteiger partial charge in [-0.1, -0.05) is 68.4 Å². The van der Waals surface area contributed by atoms with Gasteiger partial charge in [0.25, 0.3) is 0 Å². The lowest BCUT2D eigenvalue weighted by molar-refractivity contribution is 0.440. The van der Waals surface area contributed by atoms with E-state index in [-0.39, 0.29) is 0 Å². The minimum Gasteiger partial charge on any atom is -0.457 e. The van der Waals surface area contributed by atoms with E-state index in [1.165, 1.54) is 27.8 Å². The average Bonchev–Trinajstić information content (AvgIpc) is 2.98. The molecule has 0 heterocycles. The summed E-state index contributed by atoms with van der Waals surface area (Å²) >= 11 is 0. The zero-order valence-electron chi connectivity index (χ0n) is 26.7. The minimum absolute atomic E-state index is 0.431. The van der Waals surface area contributed by atoms with E-state index >= 15 is 0 Å². The topological polar surface area (TPSA) is 27.7 Å². The van der Waals surface area contributed by atoms with Gasteiger partial charge >= 0.3 is 0 Å². The maximum Gasteiger partial charge on any atom is 0.134 e. The van der Waals surface area contributed by atoms with Crippen LogP contribution in [0.2, 0.25) is 0 Å². The molecule has 0 aliphatic rings. The summed E-state index contributed by atoms with van der Waals surface area (Å²) in [7, 11) is 0. The predicted octanol–water partition coefficient (Wildman–Crippen LogP) is 11.6. The maximum absolute atomic E-state index is 6.52. The number of hydrogen-bond acceptors (Lipinski definition) is 3. The summed E-state index contributed by atoms with van der Waals surface area (Å²) in [6.07, 6.45) is 0.873. The van der Waals surface area contributed by atoms with Gasteiger partial charge < -0.3 is 14.2 Å². The Morgan fingerprint density at radius 3 is 1.28 bits per heavy atom. The summed E-state index contributed by atoms with van der Waals surface area (Å²) in [6.45, 7) is 17.1. The molecule has 3 heteroatoms. The standard InChI is InChI=1S/C40H42O3/c1-25(2)34-17-11-19-36(29(34)6)42-38-21-13-23-40(31(38)8)43-39-22-12-20-37(30(39)7)41-35-18-10-16-33(28(35)5)24-32-15-9-14-26(3)27(32)4/h9-23,25H,24H2,1-8H3. The van der Waals surface area contributed by atoms with E-state index in [0.717, 1.165) is 63.2 Å². The molecule has 220 valence electrons. The van der Waals surface area contributed by atoms with Gasteiger partial charge in [0.1, 0.15) is 34.5 Å². The van der Waals surface area contributed by atoms with Crippen molar-refractivity contribution < 1.29 is 14.2 Å². The van der Waals surface area contributed by atoms with Crippen molar-refractivity contribution in [3.8, 4) is 34.5 Å². The van der Waals surface area contributed by atoms with Crippen LogP contribution in [-0.2, 0) is 6.42 Å². The van der Waals surface area contributed by atoms with Gasteiger partial charge in [-0.2, -0.15) is 0 Å². The molecular weight excluding hydrogens is 528 g/mol. The molecule has 5 rings (SSSR count). The molecule has 0 aliphatic heterocycles. The Bertz CT molecular complexity index is 1760. The van der Waals surface area contributed by atoms with Gasteiger partial charge in [-0.05, 0) is 129 Å². The van der Waals surface area contributed by atoms with Crippen molar-refractivity contribution in [2.45, 2.75) is 67.7 Å². The molecule has 0 unspecified atom stereocenters. The molecule has 0 saturated carbocycles. The van der Waals surface area contributed by atoms with Gasteiger partial charge in [0.15, 0.2) is 0 Å². The van der Waals surface area contributed by atoms with E-state index in [0.29, 0.717) is 5.92 Å². The molecule has 0 saturated heterocycles. The highest BCUT2D eigenvalue weighted by molar-refractivity contribution is 5.53. The molecule has 5 aromatic rings. The number of aryl methyl sites for hydroxylation is 1. The first-order valence-corrected chi connectivity index (χ1v) is 15.1. The lowest BCUT2D eigenvalue weighted by atomic mass is 9.95. The summed E-state index contributed by atoms with van der Waals surface area (Å²) < 4.78 is 19.4. The van der Waals surface area contributed by atoms with Gasteiger partial charge in [0.05, 0.1) is 0 Å². The Morgan fingerprint density at radius 1 is 0.419 bits per heavy atom. The van der Waals surface area contributed by atoms with Crippen LogP contribution in [0.4, 0.5) is 0 Å². The van der Waals surface area contributed by atoms with Crippen molar-refractivity contribution in [2.75, 3.05) is 0 Å². The van der Waals surface area contributed by atoms with E-state index < -0.39 is 0 Å². The number of rotatable bonds is 9. The third-order valence-electron chi connectivity index (χ3n) is 8.57. The van der Waals surface area contributed by atoms with Gasteiger partial charge in [-0.3, -0.25) is 0 Å². The molecule has 43 heavy (non-hydrogen) atoms. The van der Waals surface area contributed by atoms with Gasteiger partial charge in [-0.25, -0.2) is 0 Å². The first-order valence-electron chi connectivity index (χ1n) is 15.1. The lowest BCUT2D eigenvalue weighted by Crippen LogP contribution is -1.99. The van der Waals surface area contributed by atoms with Crippen molar-refractivity contribution in [3.05, 3.63) is 141 Å². The highest BCUT2D eigenvalue weighted by Gasteiger charge is 2.16. The Morgan fingerprint density at radius 2 is 0.791 bits per heavy atom. The second kappa shape index (κ2) is 12.8. The van der Waals surface area contributed by atoms with Crippen LogP contribution in [0.5, 0.6) is 34.5 Å². The summed E-state index contributed by atoms with van der Waals surface area (Å²) in [5.74, 6) is 5.21. The minimum atomic E-state index is 0.431. The number of ether oxygens (including phenoxy) is 3. The van der Waals surface area contributed by atoms with Crippen LogP contribution in [0, 0.1) is 41.5 Å². The average molecular weight is 571 g/mol. The normalized spacial score (nSPS) is 11.1. The Hall–Kier alpha value is -4.50. The zero-order valence-corrected chi connectivity index (χ0v) is 26.7. The molecule has 0 amide bonds. The largest absolute Gasteiger partial charge is 0.457 e. The highest BCUT2D eigenvalue weighted by atomic mass is 16.5. The van der Waals surface area contributed by atoms with Crippen molar-refractivity contribution in [1.29, 1.82) is 0 Å². The van der Waals surface area contributed by atoms with Crippen molar-refractivity contribution in [3.63, 3.8) is 0 Å².